The Kier molecular flexibility index (Phi) is 3.25. The predicted octanol–water partition coefficient (Wildman–Crippen LogP) is 3.92. The molecule has 0 aromatic heterocycles. The molecule has 0 spiro atoms. The zero-order chi connectivity index (χ0) is 10.5. The van der Waals surface area contributed by atoms with Crippen LogP contribution in [0.2, 0.25) is 5.02 Å². The molecule has 0 amide bonds. The van der Waals surface area contributed by atoms with Gasteiger partial charge in [-0.1, -0.05) is 29.8 Å². The summed E-state index contributed by atoms with van der Waals surface area (Å²) in [5.74, 6) is 0.791. The molecule has 0 saturated heterocycles. The van der Waals surface area contributed by atoms with Crippen LogP contribution in [0.15, 0.2) is 54.3 Å². The van der Waals surface area contributed by atoms with Crippen molar-refractivity contribution < 1.29 is 4.74 Å². The Morgan fingerprint density at radius 3 is 2.73 bits per heavy atom. The molecule has 0 saturated carbocycles. The van der Waals surface area contributed by atoms with Gasteiger partial charge in [0.2, 0.25) is 0 Å². The number of halogens is 1. The van der Waals surface area contributed by atoms with E-state index in [-0.39, 0.29) is 0 Å². The summed E-state index contributed by atoms with van der Waals surface area (Å²) in [7, 11) is 0. The summed E-state index contributed by atoms with van der Waals surface area (Å²) in [6.07, 6.45) is 11.4. The van der Waals surface area contributed by atoms with E-state index in [1.807, 2.05) is 30.4 Å². The van der Waals surface area contributed by atoms with Crippen molar-refractivity contribution in [3.8, 4) is 5.75 Å². The minimum Gasteiger partial charge on any atom is -0.465 e. The van der Waals surface area contributed by atoms with Crippen molar-refractivity contribution in [3.05, 3.63) is 65.4 Å². The highest BCUT2D eigenvalue weighted by atomic mass is 35.5. The van der Waals surface area contributed by atoms with Crippen molar-refractivity contribution in [2.75, 3.05) is 0 Å². The number of hydrogen-bond acceptors (Lipinski definition) is 1. The van der Waals surface area contributed by atoms with Crippen LogP contribution in [0, 0.1) is 6.08 Å². The van der Waals surface area contributed by atoms with Gasteiger partial charge in [0.25, 0.3) is 0 Å². The van der Waals surface area contributed by atoms with Gasteiger partial charge in [-0.15, -0.1) is 0 Å². The third kappa shape index (κ3) is 3.00. The second kappa shape index (κ2) is 4.85. The average molecular weight is 218 g/mol. The van der Waals surface area contributed by atoms with Crippen LogP contribution >= 0.6 is 11.6 Å². The van der Waals surface area contributed by atoms with Crippen LogP contribution < -0.4 is 4.74 Å². The van der Waals surface area contributed by atoms with Gasteiger partial charge >= 0.3 is 0 Å². The highest BCUT2D eigenvalue weighted by Gasteiger charge is 1.95. The summed E-state index contributed by atoms with van der Waals surface area (Å²) in [4.78, 5) is 0. The summed E-state index contributed by atoms with van der Waals surface area (Å²) in [5, 5.41) is 0.713. The van der Waals surface area contributed by atoms with Crippen LogP contribution in [-0.2, 0) is 0 Å². The molecule has 0 atom stereocenters. The van der Waals surface area contributed by atoms with Gasteiger partial charge in [0.1, 0.15) is 5.75 Å². The Labute approximate surface area is 94.3 Å². The van der Waals surface area contributed by atoms with E-state index in [0.717, 1.165) is 17.7 Å². The molecule has 0 heterocycles. The fourth-order valence-electron chi connectivity index (χ4n) is 1.21. The Morgan fingerprint density at radius 2 is 2.07 bits per heavy atom. The lowest BCUT2D eigenvalue weighted by Crippen LogP contribution is -1.87. The lowest BCUT2D eigenvalue weighted by molar-refractivity contribution is 0.476. The van der Waals surface area contributed by atoms with Crippen LogP contribution in [0.5, 0.6) is 5.75 Å². The van der Waals surface area contributed by atoms with Crippen LogP contribution in [0.25, 0.3) is 0 Å². The number of benzene rings is 1. The number of ether oxygens (including phenoxy) is 1. The molecule has 2 heteroatoms. The van der Waals surface area contributed by atoms with Gasteiger partial charge < -0.3 is 4.74 Å². The first-order valence-corrected chi connectivity index (χ1v) is 5.08. The molecule has 0 N–H and O–H groups in total. The largest absolute Gasteiger partial charge is 0.465 e. The molecule has 1 nitrogen and oxygen atoms in total. The summed E-state index contributed by atoms with van der Waals surface area (Å²) in [6.45, 7) is 0. The standard InChI is InChI=1S/C13H10ClO/c14-12-6-8-13(9-7-12)15-10-11-4-2-1-3-5-11/h2-4,6-10H,5H2. The SMILES string of the molecule is Clc1ccc(OC=C2C=C[C]=CC2)cc1. The Balaban J connectivity index is 2.01. The minimum atomic E-state index is 0.713. The predicted molar refractivity (Wildman–Crippen MR) is 61.7 cm³/mol. The molecule has 0 fully saturated rings. The van der Waals surface area contributed by atoms with Crippen LogP contribution in [0.1, 0.15) is 6.42 Å². The van der Waals surface area contributed by atoms with E-state index in [0.29, 0.717) is 5.02 Å². The Bertz CT molecular complexity index is 413. The smallest absolute Gasteiger partial charge is 0.126 e. The summed E-state index contributed by atoms with van der Waals surface area (Å²) >= 11 is 5.77. The highest BCUT2D eigenvalue weighted by Crippen LogP contribution is 2.17. The molecule has 1 aromatic rings. The van der Waals surface area contributed by atoms with Gasteiger partial charge in [0, 0.05) is 5.02 Å². The Hall–Kier alpha value is -1.47. The molecule has 1 aliphatic rings. The van der Waals surface area contributed by atoms with E-state index in [1.165, 1.54) is 0 Å². The second-order valence-corrected chi connectivity index (χ2v) is 3.61. The molecule has 1 aliphatic carbocycles. The zero-order valence-corrected chi connectivity index (χ0v) is 8.87. The third-order valence-electron chi connectivity index (χ3n) is 2.01. The average Bonchev–Trinajstić information content (AvgIpc) is 2.30. The number of allylic oxidation sites excluding steroid dienone is 5. The van der Waals surface area contributed by atoms with Crippen molar-refractivity contribution in [2.45, 2.75) is 6.42 Å². The monoisotopic (exact) mass is 217 g/mol. The molecular formula is C13H10ClO. The molecule has 1 aromatic carbocycles. The minimum absolute atomic E-state index is 0.713. The van der Waals surface area contributed by atoms with Crippen molar-refractivity contribution in [1.82, 2.24) is 0 Å². The lowest BCUT2D eigenvalue weighted by atomic mass is 10.1. The van der Waals surface area contributed by atoms with Gasteiger partial charge in [-0.05, 0) is 42.3 Å². The summed E-state index contributed by atoms with van der Waals surface area (Å²) in [6, 6.07) is 7.29. The summed E-state index contributed by atoms with van der Waals surface area (Å²) in [5.41, 5.74) is 1.13. The van der Waals surface area contributed by atoms with Crippen molar-refractivity contribution in [3.63, 3.8) is 0 Å². The fraction of sp³-hybridized carbons (Fsp3) is 0.0769. The van der Waals surface area contributed by atoms with E-state index < -0.39 is 0 Å². The maximum absolute atomic E-state index is 5.77. The summed E-state index contributed by atoms with van der Waals surface area (Å²) < 4.78 is 5.48. The first-order valence-electron chi connectivity index (χ1n) is 4.70. The number of rotatable bonds is 2. The van der Waals surface area contributed by atoms with Crippen molar-refractivity contribution in [2.24, 2.45) is 0 Å². The molecule has 0 unspecified atom stereocenters. The normalized spacial score (nSPS) is 17.0. The van der Waals surface area contributed by atoms with Gasteiger partial charge in [0.05, 0.1) is 6.26 Å². The molecule has 1 radical (unpaired) electrons. The third-order valence-corrected chi connectivity index (χ3v) is 2.26. The first-order chi connectivity index (χ1) is 7.34. The van der Waals surface area contributed by atoms with Crippen LogP contribution in [0.4, 0.5) is 0 Å². The van der Waals surface area contributed by atoms with Crippen LogP contribution in [-0.4, -0.2) is 0 Å². The molecule has 75 valence electrons. The molecule has 2 rings (SSSR count). The quantitative estimate of drug-likeness (QED) is 0.683. The first kappa shape index (κ1) is 10.1. The van der Waals surface area contributed by atoms with E-state index in [2.05, 4.69) is 6.08 Å². The maximum atomic E-state index is 5.77. The molecule has 0 bridgehead atoms. The van der Waals surface area contributed by atoms with E-state index >= 15 is 0 Å². The number of hydrogen-bond donors (Lipinski definition) is 0. The van der Waals surface area contributed by atoms with Gasteiger partial charge in [-0.25, -0.2) is 0 Å². The van der Waals surface area contributed by atoms with E-state index in [1.54, 1.807) is 18.4 Å². The van der Waals surface area contributed by atoms with Crippen molar-refractivity contribution >= 4 is 11.6 Å². The van der Waals surface area contributed by atoms with Crippen LogP contribution in [0.3, 0.4) is 0 Å². The van der Waals surface area contributed by atoms with E-state index in [9.17, 15) is 0 Å². The van der Waals surface area contributed by atoms with Crippen molar-refractivity contribution in [1.29, 1.82) is 0 Å². The fourth-order valence-corrected chi connectivity index (χ4v) is 1.34. The topological polar surface area (TPSA) is 9.23 Å². The molecular weight excluding hydrogens is 208 g/mol. The maximum Gasteiger partial charge on any atom is 0.126 e. The Morgan fingerprint density at radius 1 is 1.27 bits per heavy atom. The zero-order valence-electron chi connectivity index (χ0n) is 8.11. The van der Waals surface area contributed by atoms with Gasteiger partial charge in [-0.3, -0.25) is 0 Å². The van der Waals surface area contributed by atoms with Gasteiger partial charge in [-0.2, -0.15) is 0 Å². The van der Waals surface area contributed by atoms with Gasteiger partial charge in [0.15, 0.2) is 0 Å². The molecule has 0 aliphatic heterocycles. The van der Waals surface area contributed by atoms with E-state index in [4.69, 9.17) is 16.3 Å². The highest BCUT2D eigenvalue weighted by molar-refractivity contribution is 6.30. The molecule has 15 heavy (non-hydrogen) atoms. The lowest BCUT2D eigenvalue weighted by Gasteiger charge is -2.04. The second-order valence-electron chi connectivity index (χ2n) is 3.17.